The number of rotatable bonds is 5. The number of hydrogen-bond acceptors (Lipinski definition) is 3. The molecule has 1 aromatic carbocycles. The lowest BCUT2D eigenvalue weighted by Gasteiger charge is -2.20. The zero-order valence-corrected chi connectivity index (χ0v) is 13.9. The van der Waals surface area contributed by atoms with Crippen LogP contribution >= 0.6 is 22.9 Å². The fraction of sp³-hybridized carbons (Fsp3) is 0.375. The zero-order valence-electron chi connectivity index (χ0n) is 12.3. The Hall–Kier alpha value is -1.03. The third-order valence-electron chi connectivity index (χ3n) is 3.38. The van der Waals surface area contributed by atoms with Gasteiger partial charge in [0.2, 0.25) is 0 Å². The lowest BCUT2D eigenvalue weighted by atomic mass is 9.99. The van der Waals surface area contributed by atoms with Crippen LogP contribution in [0.25, 0.3) is 0 Å². The van der Waals surface area contributed by atoms with Gasteiger partial charge in [-0.2, -0.15) is 0 Å². The third-order valence-corrected chi connectivity index (χ3v) is 5.16. The van der Waals surface area contributed by atoms with E-state index in [2.05, 4.69) is 36.7 Å². The first-order valence-electron chi connectivity index (χ1n) is 6.69. The van der Waals surface area contributed by atoms with E-state index in [1.807, 2.05) is 13.0 Å². The molecular weight excluding hydrogens is 290 g/mol. The molecule has 20 heavy (non-hydrogen) atoms. The molecule has 0 saturated carbocycles. The third kappa shape index (κ3) is 3.00. The van der Waals surface area contributed by atoms with Crippen LogP contribution in [0, 0.1) is 13.8 Å². The number of halogens is 1. The van der Waals surface area contributed by atoms with Gasteiger partial charge < -0.3 is 10.1 Å². The molecule has 1 N–H and O–H groups in total. The molecule has 1 atom stereocenters. The van der Waals surface area contributed by atoms with Crippen molar-refractivity contribution in [1.29, 1.82) is 0 Å². The second-order valence-electron chi connectivity index (χ2n) is 4.81. The van der Waals surface area contributed by atoms with Crippen molar-refractivity contribution in [3.05, 3.63) is 50.2 Å². The number of hydrogen-bond donors (Lipinski definition) is 1. The molecule has 2 aromatic rings. The van der Waals surface area contributed by atoms with E-state index < -0.39 is 0 Å². The first-order chi connectivity index (χ1) is 9.58. The Morgan fingerprint density at radius 3 is 2.55 bits per heavy atom. The molecule has 0 saturated heterocycles. The maximum Gasteiger partial charge on any atom is 0.119 e. The van der Waals surface area contributed by atoms with Crippen LogP contribution in [0.1, 0.15) is 34.5 Å². The molecule has 1 heterocycles. The fourth-order valence-corrected chi connectivity index (χ4v) is 3.69. The molecule has 0 aliphatic heterocycles. The SMILES string of the molecule is CCNC(c1ccc(OC)cc1C)c1scc(C)c1Cl. The highest BCUT2D eigenvalue weighted by atomic mass is 35.5. The highest BCUT2D eigenvalue weighted by molar-refractivity contribution is 7.10. The summed E-state index contributed by atoms with van der Waals surface area (Å²) in [7, 11) is 1.69. The van der Waals surface area contributed by atoms with Gasteiger partial charge in [-0.3, -0.25) is 0 Å². The minimum absolute atomic E-state index is 0.136. The molecule has 4 heteroatoms. The van der Waals surface area contributed by atoms with Crippen LogP contribution in [-0.2, 0) is 0 Å². The molecule has 0 aliphatic rings. The van der Waals surface area contributed by atoms with Crippen molar-refractivity contribution in [2.45, 2.75) is 26.8 Å². The van der Waals surface area contributed by atoms with Gasteiger partial charge in [0.25, 0.3) is 0 Å². The van der Waals surface area contributed by atoms with E-state index in [9.17, 15) is 0 Å². The second kappa shape index (κ2) is 6.61. The van der Waals surface area contributed by atoms with Crippen LogP contribution in [0.5, 0.6) is 5.75 Å². The average molecular weight is 310 g/mol. The van der Waals surface area contributed by atoms with Gasteiger partial charge in [0, 0.05) is 4.88 Å². The first-order valence-corrected chi connectivity index (χ1v) is 7.95. The van der Waals surface area contributed by atoms with Gasteiger partial charge in [-0.15, -0.1) is 11.3 Å². The van der Waals surface area contributed by atoms with Gasteiger partial charge in [0.05, 0.1) is 18.2 Å². The number of thiophene rings is 1. The predicted octanol–water partition coefficient (Wildman–Crippen LogP) is 4.73. The number of benzene rings is 1. The number of aryl methyl sites for hydroxylation is 2. The summed E-state index contributed by atoms with van der Waals surface area (Å²) in [5.41, 5.74) is 3.59. The number of ether oxygens (including phenoxy) is 1. The van der Waals surface area contributed by atoms with Crippen molar-refractivity contribution in [3.8, 4) is 5.75 Å². The van der Waals surface area contributed by atoms with E-state index in [1.165, 1.54) is 16.0 Å². The number of methoxy groups -OCH3 is 1. The van der Waals surface area contributed by atoms with Gasteiger partial charge in [0.1, 0.15) is 5.75 Å². The lowest BCUT2D eigenvalue weighted by molar-refractivity contribution is 0.414. The van der Waals surface area contributed by atoms with Crippen LogP contribution in [0.4, 0.5) is 0 Å². The molecule has 1 aromatic heterocycles. The summed E-state index contributed by atoms with van der Waals surface area (Å²) < 4.78 is 5.28. The largest absolute Gasteiger partial charge is 0.497 e. The fourth-order valence-electron chi connectivity index (χ4n) is 2.29. The summed E-state index contributed by atoms with van der Waals surface area (Å²) >= 11 is 8.16. The normalized spacial score (nSPS) is 12.4. The Balaban J connectivity index is 2.46. The molecule has 0 bridgehead atoms. The minimum Gasteiger partial charge on any atom is -0.497 e. The van der Waals surface area contributed by atoms with Crippen LogP contribution < -0.4 is 10.1 Å². The van der Waals surface area contributed by atoms with E-state index in [0.717, 1.165) is 22.9 Å². The maximum absolute atomic E-state index is 6.45. The summed E-state index contributed by atoms with van der Waals surface area (Å²) in [5.74, 6) is 0.884. The quantitative estimate of drug-likeness (QED) is 0.862. The van der Waals surface area contributed by atoms with Crippen LogP contribution in [-0.4, -0.2) is 13.7 Å². The van der Waals surface area contributed by atoms with Crippen LogP contribution in [0.15, 0.2) is 23.6 Å². The van der Waals surface area contributed by atoms with Gasteiger partial charge in [-0.25, -0.2) is 0 Å². The predicted molar refractivity (Wildman–Crippen MR) is 87.3 cm³/mol. The average Bonchev–Trinajstić information content (AvgIpc) is 2.77. The standard InChI is InChI=1S/C16H20ClNOS/c1-5-18-15(16-14(17)11(3)9-20-16)13-7-6-12(19-4)8-10(13)2/h6-9,15,18H,5H2,1-4H3. The van der Waals surface area contributed by atoms with E-state index in [-0.39, 0.29) is 6.04 Å². The highest BCUT2D eigenvalue weighted by Gasteiger charge is 2.20. The molecular formula is C16H20ClNOS. The Morgan fingerprint density at radius 2 is 2.05 bits per heavy atom. The van der Waals surface area contributed by atoms with E-state index in [1.54, 1.807) is 18.4 Å². The summed E-state index contributed by atoms with van der Waals surface area (Å²) in [6.07, 6.45) is 0. The lowest BCUT2D eigenvalue weighted by Crippen LogP contribution is -2.22. The smallest absolute Gasteiger partial charge is 0.119 e. The van der Waals surface area contributed by atoms with Crippen molar-refractivity contribution >= 4 is 22.9 Å². The molecule has 0 spiro atoms. The molecule has 0 fully saturated rings. The Kier molecular flexibility index (Phi) is 5.08. The molecule has 108 valence electrons. The van der Waals surface area contributed by atoms with Crippen molar-refractivity contribution in [1.82, 2.24) is 5.32 Å². The Morgan fingerprint density at radius 1 is 1.30 bits per heavy atom. The van der Waals surface area contributed by atoms with E-state index in [0.29, 0.717) is 0 Å². The van der Waals surface area contributed by atoms with Gasteiger partial charge in [-0.1, -0.05) is 24.6 Å². The molecule has 0 radical (unpaired) electrons. The van der Waals surface area contributed by atoms with E-state index in [4.69, 9.17) is 16.3 Å². The summed E-state index contributed by atoms with van der Waals surface area (Å²) in [5, 5.41) is 6.52. The van der Waals surface area contributed by atoms with E-state index >= 15 is 0 Å². The highest BCUT2D eigenvalue weighted by Crippen LogP contribution is 2.37. The van der Waals surface area contributed by atoms with Crippen molar-refractivity contribution in [2.75, 3.05) is 13.7 Å². The Labute approximate surface area is 129 Å². The topological polar surface area (TPSA) is 21.3 Å². The minimum atomic E-state index is 0.136. The summed E-state index contributed by atoms with van der Waals surface area (Å²) in [6, 6.07) is 6.32. The van der Waals surface area contributed by atoms with Crippen molar-refractivity contribution in [3.63, 3.8) is 0 Å². The number of nitrogens with one attached hydrogen (secondary N) is 1. The molecule has 0 aliphatic carbocycles. The molecule has 1 unspecified atom stereocenters. The second-order valence-corrected chi connectivity index (χ2v) is 6.10. The van der Waals surface area contributed by atoms with Gasteiger partial charge in [0.15, 0.2) is 0 Å². The van der Waals surface area contributed by atoms with Gasteiger partial charge in [-0.05, 0) is 54.6 Å². The van der Waals surface area contributed by atoms with Gasteiger partial charge >= 0.3 is 0 Å². The molecule has 0 amide bonds. The van der Waals surface area contributed by atoms with Crippen molar-refractivity contribution < 1.29 is 4.74 Å². The summed E-state index contributed by atoms with van der Waals surface area (Å²) in [6.45, 7) is 7.16. The molecule has 2 nitrogen and oxygen atoms in total. The summed E-state index contributed by atoms with van der Waals surface area (Å²) in [4.78, 5) is 1.18. The first kappa shape index (κ1) is 15.4. The molecule has 2 rings (SSSR count). The monoisotopic (exact) mass is 309 g/mol. The van der Waals surface area contributed by atoms with Crippen LogP contribution in [0.2, 0.25) is 5.02 Å². The Bertz CT molecular complexity index is 594. The maximum atomic E-state index is 6.45. The van der Waals surface area contributed by atoms with Crippen LogP contribution in [0.3, 0.4) is 0 Å². The van der Waals surface area contributed by atoms with Crippen molar-refractivity contribution in [2.24, 2.45) is 0 Å². The zero-order chi connectivity index (χ0) is 14.7.